The summed E-state index contributed by atoms with van der Waals surface area (Å²) < 4.78 is 12.8. The van der Waals surface area contributed by atoms with Gasteiger partial charge in [-0.15, -0.1) is 0 Å². The van der Waals surface area contributed by atoms with Gasteiger partial charge >= 0.3 is 5.97 Å². The molecule has 4 nitrogen and oxygen atoms in total. The molecule has 0 bridgehead atoms. The number of nitrogens with zero attached hydrogens (tertiary/aromatic N) is 1. The maximum Gasteiger partial charge on any atom is 0.322 e. The van der Waals surface area contributed by atoms with Crippen molar-refractivity contribution in [3.63, 3.8) is 0 Å². The quantitative estimate of drug-likeness (QED) is 0.813. The van der Waals surface area contributed by atoms with Crippen molar-refractivity contribution in [3.05, 3.63) is 35.6 Å². The molecule has 1 aliphatic rings. The normalized spacial score (nSPS) is 21.4. The Morgan fingerprint density at radius 1 is 1.47 bits per heavy atom. The van der Waals surface area contributed by atoms with Crippen LogP contribution in [0.3, 0.4) is 0 Å². The topological polar surface area (TPSA) is 52.6 Å². The molecule has 2 N–H and O–H groups in total. The number of halogens is 1. The molecule has 5 heteroatoms. The zero-order valence-electron chi connectivity index (χ0n) is 9.40. The van der Waals surface area contributed by atoms with E-state index in [0.29, 0.717) is 19.6 Å². The molecule has 0 saturated carbocycles. The molecule has 1 atom stereocenters. The Morgan fingerprint density at radius 2 is 2.18 bits per heavy atom. The zero-order chi connectivity index (χ0) is 12.3. The van der Waals surface area contributed by atoms with E-state index in [4.69, 9.17) is 5.11 Å². The molecule has 17 heavy (non-hydrogen) atoms. The number of hydrogen-bond donors (Lipinski definition) is 2. The summed E-state index contributed by atoms with van der Waals surface area (Å²) in [5.74, 6) is -1.09. The maximum atomic E-state index is 12.8. The third kappa shape index (κ3) is 3.01. The number of carboxylic acids is 1. The monoisotopic (exact) mass is 238 g/mol. The van der Waals surface area contributed by atoms with Crippen LogP contribution in [-0.4, -0.2) is 41.7 Å². The Kier molecular flexibility index (Phi) is 3.71. The van der Waals surface area contributed by atoms with Crippen molar-refractivity contribution in [2.45, 2.75) is 12.6 Å². The maximum absolute atomic E-state index is 12.8. The standard InChI is InChI=1S/C12H15FN2O2/c13-10-3-1-9(2-4-10)8-15-6-5-14-7-11(15)12(16)17/h1-4,11,14H,5-8H2,(H,16,17). The first-order chi connectivity index (χ1) is 8.16. The van der Waals surface area contributed by atoms with Crippen molar-refractivity contribution in [2.75, 3.05) is 19.6 Å². The number of benzene rings is 1. The third-order valence-corrected chi connectivity index (χ3v) is 2.94. The lowest BCUT2D eigenvalue weighted by Gasteiger charge is -2.33. The van der Waals surface area contributed by atoms with Gasteiger partial charge in [-0.25, -0.2) is 4.39 Å². The average molecular weight is 238 g/mol. The summed E-state index contributed by atoms with van der Waals surface area (Å²) in [6, 6.07) is 5.67. The van der Waals surface area contributed by atoms with Crippen LogP contribution in [0.25, 0.3) is 0 Å². The van der Waals surface area contributed by atoms with E-state index in [2.05, 4.69) is 5.32 Å². The van der Waals surface area contributed by atoms with Crippen LogP contribution in [0, 0.1) is 5.82 Å². The molecular formula is C12H15FN2O2. The number of carbonyl (C=O) groups is 1. The predicted molar refractivity (Wildman–Crippen MR) is 61.1 cm³/mol. The molecule has 1 aromatic carbocycles. The molecule has 0 aliphatic carbocycles. The Balaban J connectivity index is 2.05. The Morgan fingerprint density at radius 3 is 2.82 bits per heavy atom. The first kappa shape index (κ1) is 12.0. The predicted octanol–water partition coefficient (Wildman–Crippen LogP) is 0.684. The second-order valence-electron chi connectivity index (χ2n) is 4.16. The van der Waals surface area contributed by atoms with Crippen LogP contribution in [0.4, 0.5) is 4.39 Å². The Hall–Kier alpha value is -1.46. The zero-order valence-corrected chi connectivity index (χ0v) is 9.40. The number of nitrogens with one attached hydrogen (secondary N) is 1. The highest BCUT2D eigenvalue weighted by Gasteiger charge is 2.27. The number of aliphatic carboxylic acids is 1. The fourth-order valence-electron chi connectivity index (χ4n) is 2.00. The molecule has 1 aromatic rings. The molecule has 0 aromatic heterocycles. The molecular weight excluding hydrogens is 223 g/mol. The number of piperazine rings is 1. The first-order valence-electron chi connectivity index (χ1n) is 5.59. The van der Waals surface area contributed by atoms with Crippen molar-refractivity contribution in [3.8, 4) is 0 Å². The van der Waals surface area contributed by atoms with E-state index in [-0.39, 0.29) is 5.82 Å². The van der Waals surface area contributed by atoms with Gasteiger partial charge in [-0.1, -0.05) is 12.1 Å². The van der Waals surface area contributed by atoms with E-state index < -0.39 is 12.0 Å². The second-order valence-corrected chi connectivity index (χ2v) is 4.16. The van der Waals surface area contributed by atoms with Crippen LogP contribution < -0.4 is 5.32 Å². The minimum absolute atomic E-state index is 0.274. The van der Waals surface area contributed by atoms with Crippen LogP contribution in [0.2, 0.25) is 0 Å². The smallest absolute Gasteiger partial charge is 0.322 e. The van der Waals surface area contributed by atoms with E-state index in [1.165, 1.54) is 12.1 Å². The molecule has 2 rings (SSSR count). The number of rotatable bonds is 3. The fraction of sp³-hybridized carbons (Fsp3) is 0.417. The Labute approximate surface area is 99.0 Å². The summed E-state index contributed by atoms with van der Waals surface area (Å²) in [4.78, 5) is 13.0. The van der Waals surface area contributed by atoms with Crippen LogP contribution in [0.1, 0.15) is 5.56 Å². The molecule has 1 fully saturated rings. The van der Waals surface area contributed by atoms with Crippen molar-refractivity contribution in [1.82, 2.24) is 10.2 Å². The molecule has 1 aliphatic heterocycles. The largest absolute Gasteiger partial charge is 0.480 e. The highest BCUT2D eigenvalue weighted by Crippen LogP contribution is 2.11. The highest BCUT2D eigenvalue weighted by atomic mass is 19.1. The van der Waals surface area contributed by atoms with Gasteiger partial charge in [0.25, 0.3) is 0 Å². The molecule has 1 saturated heterocycles. The summed E-state index contributed by atoms with van der Waals surface area (Å²) in [7, 11) is 0. The van der Waals surface area contributed by atoms with Crippen LogP contribution in [0.5, 0.6) is 0 Å². The van der Waals surface area contributed by atoms with E-state index >= 15 is 0 Å². The van der Waals surface area contributed by atoms with E-state index in [1.54, 1.807) is 12.1 Å². The number of hydrogen-bond acceptors (Lipinski definition) is 3. The minimum atomic E-state index is -0.820. The Bertz CT molecular complexity index is 394. The van der Waals surface area contributed by atoms with Gasteiger partial charge < -0.3 is 10.4 Å². The van der Waals surface area contributed by atoms with Gasteiger partial charge in [-0.3, -0.25) is 9.69 Å². The second kappa shape index (κ2) is 5.25. The van der Waals surface area contributed by atoms with Crippen molar-refractivity contribution in [1.29, 1.82) is 0 Å². The molecule has 1 heterocycles. The fourth-order valence-corrected chi connectivity index (χ4v) is 2.00. The first-order valence-corrected chi connectivity index (χ1v) is 5.59. The summed E-state index contributed by atoms with van der Waals surface area (Å²) in [6.07, 6.45) is 0. The average Bonchev–Trinajstić information content (AvgIpc) is 2.32. The molecule has 0 amide bonds. The summed E-state index contributed by atoms with van der Waals surface area (Å²) >= 11 is 0. The molecule has 0 spiro atoms. The van der Waals surface area contributed by atoms with Gasteiger partial charge in [0.1, 0.15) is 11.9 Å². The van der Waals surface area contributed by atoms with E-state index in [1.807, 2.05) is 4.90 Å². The lowest BCUT2D eigenvalue weighted by molar-refractivity contribution is -0.144. The van der Waals surface area contributed by atoms with Gasteiger partial charge in [-0.2, -0.15) is 0 Å². The van der Waals surface area contributed by atoms with Crippen LogP contribution >= 0.6 is 0 Å². The van der Waals surface area contributed by atoms with Crippen molar-refractivity contribution < 1.29 is 14.3 Å². The lowest BCUT2D eigenvalue weighted by Crippen LogP contribution is -2.54. The van der Waals surface area contributed by atoms with Gasteiger partial charge in [0, 0.05) is 26.2 Å². The van der Waals surface area contributed by atoms with Gasteiger partial charge in [0.15, 0.2) is 0 Å². The minimum Gasteiger partial charge on any atom is -0.480 e. The van der Waals surface area contributed by atoms with E-state index in [0.717, 1.165) is 12.1 Å². The van der Waals surface area contributed by atoms with Crippen LogP contribution in [-0.2, 0) is 11.3 Å². The van der Waals surface area contributed by atoms with Gasteiger partial charge in [-0.05, 0) is 17.7 Å². The van der Waals surface area contributed by atoms with Crippen molar-refractivity contribution in [2.24, 2.45) is 0 Å². The molecule has 1 unspecified atom stereocenters. The SMILES string of the molecule is O=C(O)C1CNCCN1Cc1ccc(F)cc1. The van der Waals surface area contributed by atoms with E-state index in [9.17, 15) is 9.18 Å². The number of carboxylic acid groups (broad SMARTS) is 1. The molecule has 0 radical (unpaired) electrons. The van der Waals surface area contributed by atoms with Gasteiger partial charge in [0.2, 0.25) is 0 Å². The van der Waals surface area contributed by atoms with Crippen LogP contribution in [0.15, 0.2) is 24.3 Å². The molecule has 92 valence electrons. The lowest BCUT2D eigenvalue weighted by atomic mass is 10.1. The van der Waals surface area contributed by atoms with Crippen molar-refractivity contribution >= 4 is 5.97 Å². The third-order valence-electron chi connectivity index (χ3n) is 2.94. The summed E-state index contributed by atoms with van der Waals surface area (Å²) in [5.41, 5.74) is 0.930. The highest BCUT2D eigenvalue weighted by molar-refractivity contribution is 5.74. The summed E-state index contributed by atoms with van der Waals surface area (Å²) in [6.45, 7) is 2.47. The van der Waals surface area contributed by atoms with Gasteiger partial charge in [0.05, 0.1) is 0 Å². The summed E-state index contributed by atoms with van der Waals surface area (Å²) in [5, 5.41) is 12.1.